The standard InChI is InChI=1S/C12H23NO3.C3H5ClO2/c1-6-16-10(15)13-11(2,3)7-9(14)8-12(13,4)5;1-2-6-3(4)5/h9,14H,6-8H2,1-5H3;2H2,1H3. The van der Waals surface area contributed by atoms with Crippen LogP contribution in [0.5, 0.6) is 0 Å². The monoisotopic (exact) mass is 337 g/mol. The van der Waals surface area contributed by atoms with Gasteiger partial charge in [0.1, 0.15) is 0 Å². The van der Waals surface area contributed by atoms with E-state index in [0.29, 0.717) is 26.1 Å². The number of aliphatic hydroxyl groups excluding tert-OH is 1. The Kier molecular flexibility index (Phi) is 8.18. The summed E-state index contributed by atoms with van der Waals surface area (Å²) in [6, 6.07) is 0. The highest BCUT2D eigenvalue weighted by molar-refractivity contribution is 6.61. The Hall–Kier alpha value is -1.01. The van der Waals surface area contributed by atoms with Crippen LogP contribution in [-0.4, -0.2) is 51.9 Å². The second-order valence-corrected chi connectivity index (χ2v) is 6.70. The molecule has 0 aromatic carbocycles. The van der Waals surface area contributed by atoms with Crippen molar-refractivity contribution in [3.8, 4) is 0 Å². The van der Waals surface area contributed by atoms with Crippen molar-refractivity contribution >= 4 is 23.1 Å². The molecular weight excluding hydrogens is 310 g/mol. The van der Waals surface area contributed by atoms with Crippen LogP contribution in [-0.2, 0) is 9.47 Å². The van der Waals surface area contributed by atoms with Gasteiger partial charge in [0.2, 0.25) is 0 Å². The summed E-state index contributed by atoms with van der Waals surface area (Å²) in [5.41, 5.74) is -1.47. The first-order chi connectivity index (χ1) is 9.97. The number of halogens is 1. The third-order valence-electron chi connectivity index (χ3n) is 3.39. The van der Waals surface area contributed by atoms with Crippen molar-refractivity contribution in [3.63, 3.8) is 0 Å². The average Bonchev–Trinajstić information content (AvgIpc) is 2.24. The van der Waals surface area contributed by atoms with Crippen LogP contribution in [0.15, 0.2) is 0 Å². The van der Waals surface area contributed by atoms with E-state index >= 15 is 0 Å². The van der Waals surface area contributed by atoms with Gasteiger partial charge in [-0.25, -0.2) is 9.59 Å². The van der Waals surface area contributed by atoms with E-state index in [4.69, 9.17) is 16.3 Å². The number of nitrogens with zero attached hydrogens (tertiary/aromatic N) is 1. The molecule has 0 aromatic heterocycles. The Balaban J connectivity index is 0.000000626. The van der Waals surface area contributed by atoms with E-state index in [1.807, 2.05) is 27.7 Å². The lowest BCUT2D eigenvalue weighted by atomic mass is 9.78. The molecule has 1 aliphatic heterocycles. The maximum Gasteiger partial charge on any atom is 0.410 e. The fourth-order valence-electron chi connectivity index (χ4n) is 3.02. The normalized spacial score (nSPS) is 19.7. The molecule has 0 unspecified atom stereocenters. The van der Waals surface area contributed by atoms with E-state index in [1.165, 1.54) is 0 Å². The fraction of sp³-hybridized carbons (Fsp3) is 0.867. The number of ether oxygens (including phenoxy) is 2. The van der Waals surface area contributed by atoms with Crippen LogP contribution in [0.2, 0.25) is 0 Å². The number of carbonyl (C=O) groups excluding carboxylic acids is 2. The SMILES string of the molecule is CCOC(=O)Cl.CCOC(=O)N1C(C)(C)CC(O)CC1(C)C. The maximum atomic E-state index is 12.0. The molecular formula is C15H28ClNO5. The Morgan fingerprint density at radius 3 is 1.77 bits per heavy atom. The lowest BCUT2D eigenvalue weighted by molar-refractivity contribution is -0.0689. The third kappa shape index (κ3) is 6.40. The van der Waals surface area contributed by atoms with Crippen molar-refractivity contribution in [3.05, 3.63) is 0 Å². The minimum Gasteiger partial charge on any atom is -0.454 e. The molecule has 0 radical (unpaired) electrons. The number of hydrogen-bond acceptors (Lipinski definition) is 5. The molecule has 1 aliphatic rings. The van der Waals surface area contributed by atoms with Crippen LogP contribution in [0.4, 0.5) is 9.59 Å². The van der Waals surface area contributed by atoms with Crippen LogP contribution in [0.25, 0.3) is 0 Å². The van der Waals surface area contributed by atoms with Crippen LogP contribution >= 0.6 is 11.6 Å². The van der Waals surface area contributed by atoms with Gasteiger partial charge in [0.25, 0.3) is 0 Å². The van der Waals surface area contributed by atoms with Crippen molar-refractivity contribution in [2.45, 2.75) is 71.6 Å². The largest absolute Gasteiger partial charge is 0.454 e. The van der Waals surface area contributed by atoms with E-state index < -0.39 is 5.43 Å². The van der Waals surface area contributed by atoms with E-state index in [1.54, 1.807) is 18.7 Å². The molecule has 1 fully saturated rings. The lowest BCUT2D eigenvalue weighted by Crippen LogP contribution is -2.64. The minimum absolute atomic E-state index is 0.288. The number of hydrogen-bond donors (Lipinski definition) is 1. The summed E-state index contributed by atoms with van der Waals surface area (Å²) < 4.78 is 9.26. The van der Waals surface area contributed by atoms with Crippen molar-refractivity contribution in [1.82, 2.24) is 4.90 Å². The smallest absolute Gasteiger partial charge is 0.410 e. The van der Waals surface area contributed by atoms with Gasteiger partial charge >= 0.3 is 11.5 Å². The second-order valence-electron chi connectivity index (χ2n) is 6.39. The van der Waals surface area contributed by atoms with Gasteiger partial charge in [-0.05, 0) is 54.4 Å². The molecule has 0 aliphatic carbocycles. The molecule has 1 amide bonds. The summed E-state index contributed by atoms with van der Waals surface area (Å²) in [6.07, 6.45) is 0.546. The zero-order valence-electron chi connectivity index (χ0n) is 14.3. The molecule has 6 nitrogen and oxygen atoms in total. The number of rotatable bonds is 2. The zero-order valence-corrected chi connectivity index (χ0v) is 15.1. The summed E-state index contributed by atoms with van der Waals surface area (Å²) in [5.74, 6) is 0. The van der Waals surface area contributed by atoms with E-state index in [-0.39, 0.29) is 23.3 Å². The number of piperidine rings is 1. The number of aliphatic hydroxyl groups is 1. The predicted octanol–water partition coefficient (Wildman–Crippen LogP) is 3.54. The first-order valence-corrected chi connectivity index (χ1v) is 7.83. The van der Waals surface area contributed by atoms with Gasteiger partial charge in [0.05, 0.1) is 19.3 Å². The Morgan fingerprint density at radius 1 is 1.09 bits per heavy atom. The van der Waals surface area contributed by atoms with Crippen molar-refractivity contribution in [2.75, 3.05) is 13.2 Å². The van der Waals surface area contributed by atoms with Gasteiger partial charge in [-0.15, -0.1) is 0 Å². The number of carbonyl (C=O) groups is 2. The molecule has 130 valence electrons. The van der Waals surface area contributed by atoms with E-state index in [0.717, 1.165) is 0 Å². The summed E-state index contributed by atoms with van der Waals surface area (Å²) >= 11 is 4.72. The first-order valence-electron chi connectivity index (χ1n) is 7.45. The molecule has 1 heterocycles. The summed E-state index contributed by atoms with van der Waals surface area (Å²) in [6.45, 7) is 12.1. The number of amides is 1. The van der Waals surface area contributed by atoms with Crippen LogP contribution < -0.4 is 0 Å². The lowest BCUT2D eigenvalue weighted by Gasteiger charge is -2.53. The molecule has 1 rings (SSSR count). The summed E-state index contributed by atoms with van der Waals surface area (Å²) in [4.78, 5) is 23.3. The highest BCUT2D eigenvalue weighted by Crippen LogP contribution is 2.38. The average molecular weight is 338 g/mol. The summed E-state index contributed by atoms with van der Waals surface area (Å²) in [7, 11) is 0. The molecule has 1 N–H and O–H groups in total. The molecule has 0 atom stereocenters. The number of likely N-dealkylation sites (tertiary alicyclic amines) is 1. The molecule has 7 heteroatoms. The zero-order chi connectivity index (χ0) is 17.6. The topological polar surface area (TPSA) is 76.1 Å². The Morgan fingerprint density at radius 2 is 1.50 bits per heavy atom. The van der Waals surface area contributed by atoms with Gasteiger partial charge in [0.15, 0.2) is 0 Å². The molecule has 0 aromatic rings. The van der Waals surface area contributed by atoms with Crippen LogP contribution in [0.3, 0.4) is 0 Å². The van der Waals surface area contributed by atoms with Gasteiger partial charge in [-0.1, -0.05) is 0 Å². The van der Waals surface area contributed by atoms with E-state index in [2.05, 4.69) is 4.74 Å². The third-order valence-corrected chi connectivity index (χ3v) is 3.50. The van der Waals surface area contributed by atoms with Crippen LogP contribution in [0.1, 0.15) is 54.4 Å². The first kappa shape index (κ1) is 21.0. The predicted molar refractivity (Wildman–Crippen MR) is 85.1 cm³/mol. The fourth-order valence-corrected chi connectivity index (χ4v) is 3.13. The molecule has 0 spiro atoms. The molecule has 1 saturated heterocycles. The quantitative estimate of drug-likeness (QED) is 0.780. The van der Waals surface area contributed by atoms with Crippen molar-refractivity contribution in [1.29, 1.82) is 0 Å². The minimum atomic E-state index is -0.738. The van der Waals surface area contributed by atoms with Gasteiger partial charge in [-0.3, -0.25) is 4.90 Å². The summed E-state index contributed by atoms with van der Waals surface area (Å²) in [5, 5.41) is 9.83. The molecule has 0 saturated carbocycles. The van der Waals surface area contributed by atoms with Crippen molar-refractivity contribution < 1.29 is 24.2 Å². The van der Waals surface area contributed by atoms with E-state index in [9.17, 15) is 14.7 Å². The second kappa shape index (κ2) is 8.58. The van der Waals surface area contributed by atoms with Crippen LogP contribution in [0, 0.1) is 0 Å². The Bertz CT molecular complexity index is 366. The highest BCUT2D eigenvalue weighted by Gasteiger charge is 2.48. The van der Waals surface area contributed by atoms with Gasteiger partial charge in [0, 0.05) is 22.7 Å². The van der Waals surface area contributed by atoms with Crippen molar-refractivity contribution in [2.24, 2.45) is 0 Å². The van der Waals surface area contributed by atoms with Gasteiger partial charge in [-0.2, -0.15) is 0 Å². The molecule has 0 bridgehead atoms. The van der Waals surface area contributed by atoms with Gasteiger partial charge < -0.3 is 14.6 Å². The highest BCUT2D eigenvalue weighted by atomic mass is 35.5. The maximum absolute atomic E-state index is 12.0. The Labute approximate surface area is 137 Å². The molecule has 22 heavy (non-hydrogen) atoms.